The van der Waals surface area contributed by atoms with E-state index in [4.69, 9.17) is 10.5 Å². The minimum absolute atomic E-state index is 0.453. The molecular formula is C11H15N3OS. The number of fused-ring (bicyclic) bond motifs is 1. The van der Waals surface area contributed by atoms with Gasteiger partial charge < -0.3 is 10.5 Å². The zero-order chi connectivity index (χ0) is 11.9. The lowest BCUT2D eigenvalue weighted by atomic mass is 9.96. The molecule has 0 unspecified atom stereocenters. The van der Waals surface area contributed by atoms with E-state index < -0.39 is 5.60 Å². The normalized spacial score (nSPS) is 12.2. The molecular weight excluding hydrogens is 222 g/mol. The molecule has 0 fully saturated rings. The Morgan fingerprint density at radius 1 is 1.44 bits per heavy atom. The van der Waals surface area contributed by atoms with Gasteiger partial charge in [0.25, 0.3) is 0 Å². The van der Waals surface area contributed by atoms with Crippen molar-refractivity contribution in [3.05, 3.63) is 16.8 Å². The van der Waals surface area contributed by atoms with Crippen molar-refractivity contribution in [3.63, 3.8) is 0 Å². The van der Waals surface area contributed by atoms with Gasteiger partial charge in [0.1, 0.15) is 10.3 Å². The highest BCUT2D eigenvalue weighted by Gasteiger charge is 2.27. The Balaban J connectivity index is 2.80. The number of nitrogens with zero attached hydrogens (tertiary/aromatic N) is 2. The minimum Gasteiger partial charge on any atom is -0.397 e. The fourth-order valence-corrected chi connectivity index (χ4v) is 2.50. The van der Waals surface area contributed by atoms with Gasteiger partial charge in [0.2, 0.25) is 0 Å². The number of rotatable bonds is 2. The van der Waals surface area contributed by atoms with Crippen molar-refractivity contribution >= 4 is 27.4 Å². The molecule has 0 aromatic carbocycles. The minimum atomic E-state index is -0.453. The fourth-order valence-electron chi connectivity index (χ4n) is 1.73. The number of aromatic nitrogens is 2. The second kappa shape index (κ2) is 3.68. The van der Waals surface area contributed by atoms with Gasteiger partial charge in [-0.1, -0.05) is 11.3 Å². The molecule has 0 bridgehead atoms. The Labute approximate surface area is 98.5 Å². The number of anilines is 1. The summed E-state index contributed by atoms with van der Waals surface area (Å²) >= 11 is 1.57. The van der Waals surface area contributed by atoms with Crippen LogP contribution in [-0.2, 0) is 10.3 Å². The molecule has 0 atom stereocenters. The Hall–Kier alpha value is -1.20. The first-order valence-electron chi connectivity index (χ1n) is 5.03. The van der Waals surface area contributed by atoms with Crippen LogP contribution in [0.2, 0.25) is 0 Å². The van der Waals surface area contributed by atoms with Crippen LogP contribution in [0.3, 0.4) is 0 Å². The standard InChI is InChI=1S/C11H15N3OS/c1-6-14-9-8(11(2,3)15-4)7(12)5-13-10(9)16-6/h5H,12H2,1-4H3. The number of hydrogen-bond donors (Lipinski definition) is 1. The first-order chi connectivity index (χ1) is 7.45. The molecule has 0 aliphatic rings. The van der Waals surface area contributed by atoms with Gasteiger partial charge in [-0.15, -0.1) is 0 Å². The molecule has 16 heavy (non-hydrogen) atoms. The van der Waals surface area contributed by atoms with Crippen molar-refractivity contribution < 1.29 is 4.74 Å². The summed E-state index contributed by atoms with van der Waals surface area (Å²) < 4.78 is 5.48. The summed E-state index contributed by atoms with van der Waals surface area (Å²) in [4.78, 5) is 9.68. The summed E-state index contributed by atoms with van der Waals surface area (Å²) in [5.41, 5.74) is 7.93. The lowest BCUT2D eigenvalue weighted by Crippen LogP contribution is -2.22. The highest BCUT2D eigenvalue weighted by molar-refractivity contribution is 7.18. The smallest absolute Gasteiger partial charge is 0.143 e. The number of pyridine rings is 1. The maximum absolute atomic E-state index is 5.98. The van der Waals surface area contributed by atoms with E-state index in [9.17, 15) is 0 Å². The van der Waals surface area contributed by atoms with E-state index in [2.05, 4.69) is 9.97 Å². The number of hydrogen-bond acceptors (Lipinski definition) is 5. The van der Waals surface area contributed by atoms with Crippen molar-refractivity contribution in [1.29, 1.82) is 0 Å². The predicted octanol–water partition coefficient (Wildman–Crippen LogP) is 2.46. The predicted molar refractivity (Wildman–Crippen MR) is 66.6 cm³/mol. The van der Waals surface area contributed by atoms with Gasteiger partial charge in [-0.25, -0.2) is 9.97 Å². The zero-order valence-electron chi connectivity index (χ0n) is 9.87. The molecule has 2 aromatic rings. The number of ether oxygens (including phenoxy) is 1. The maximum atomic E-state index is 5.98. The number of nitrogens with two attached hydrogens (primary N) is 1. The van der Waals surface area contributed by atoms with Gasteiger partial charge in [-0.2, -0.15) is 0 Å². The summed E-state index contributed by atoms with van der Waals surface area (Å²) in [6, 6.07) is 0. The van der Waals surface area contributed by atoms with Crippen LogP contribution in [-0.4, -0.2) is 17.1 Å². The van der Waals surface area contributed by atoms with E-state index in [1.54, 1.807) is 24.6 Å². The van der Waals surface area contributed by atoms with Gasteiger partial charge in [0.15, 0.2) is 0 Å². The number of aryl methyl sites for hydroxylation is 1. The first-order valence-corrected chi connectivity index (χ1v) is 5.84. The topological polar surface area (TPSA) is 61.0 Å². The van der Waals surface area contributed by atoms with Gasteiger partial charge >= 0.3 is 0 Å². The Morgan fingerprint density at radius 2 is 2.12 bits per heavy atom. The van der Waals surface area contributed by atoms with Crippen LogP contribution in [0.25, 0.3) is 10.3 Å². The van der Waals surface area contributed by atoms with Crippen LogP contribution in [0.5, 0.6) is 0 Å². The van der Waals surface area contributed by atoms with Gasteiger partial charge in [-0.3, -0.25) is 0 Å². The molecule has 2 rings (SSSR count). The summed E-state index contributed by atoms with van der Waals surface area (Å²) in [7, 11) is 1.67. The van der Waals surface area contributed by atoms with Crippen molar-refractivity contribution in [2.75, 3.05) is 12.8 Å². The van der Waals surface area contributed by atoms with E-state index in [1.807, 2.05) is 20.8 Å². The molecule has 5 heteroatoms. The van der Waals surface area contributed by atoms with Crippen LogP contribution in [0, 0.1) is 6.92 Å². The highest BCUT2D eigenvalue weighted by Crippen LogP contribution is 2.35. The van der Waals surface area contributed by atoms with E-state index >= 15 is 0 Å². The van der Waals surface area contributed by atoms with E-state index in [0.29, 0.717) is 5.69 Å². The highest BCUT2D eigenvalue weighted by atomic mass is 32.1. The summed E-state index contributed by atoms with van der Waals surface area (Å²) in [6.07, 6.45) is 1.68. The molecule has 0 spiro atoms. The maximum Gasteiger partial charge on any atom is 0.143 e. The van der Waals surface area contributed by atoms with Crippen LogP contribution in [0.15, 0.2) is 6.20 Å². The van der Waals surface area contributed by atoms with E-state index in [1.165, 1.54) is 0 Å². The Kier molecular flexibility index (Phi) is 2.59. The molecule has 0 saturated heterocycles. The van der Waals surface area contributed by atoms with Crippen molar-refractivity contribution in [2.24, 2.45) is 0 Å². The monoisotopic (exact) mass is 237 g/mol. The molecule has 0 radical (unpaired) electrons. The van der Waals surface area contributed by atoms with Crippen molar-refractivity contribution in [2.45, 2.75) is 26.4 Å². The SMILES string of the molecule is COC(C)(C)c1c(N)cnc2sc(C)nc12. The molecule has 0 saturated carbocycles. The average molecular weight is 237 g/mol. The second-order valence-electron chi connectivity index (χ2n) is 4.19. The summed E-state index contributed by atoms with van der Waals surface area (Å²) in [5.74, 6) is 0. The third kappa shape index (κ3) is 1.66. The quantitative estimate of drug-likeness (QED) is 0.871. The number of thiazole rings is 1. The molecule has 2 N–H and O–H groups in total. The molecule has 0 aliphatic carbocycles. The van der Waals surface area contributed by atoms with Gasteiger partial charge in [0.05, 0.1) is 22.5 Å². The van der Waals surface area contributed by atoms with Crippen LogP contribution < -0.4 is 5.73 Å². The summed E-state index contributed by atoms with van der Waals surface area (Å²) in [6.45, 7) is 5.92. The molecule has 86 valence electrons. The zero-order valence-corrected chi connectivity index (χ0v) is 10.7. The Bertz CT molecular complexity index is 533. The lowest BCUT2D eigenvalue weighted by molar-refractivity contribution is 0.0209. The largest absolute Gasteiger partial charge is 0.397 e. The Morgan fingerprint density at radius 3 is 2.75 bits per heavy atom. The summed E-state index contributed by atoms with van der Waals surface area (Å²) in [5, 5.41) is 0.987. The molecule has 2 heterocycles. The van der Waals surface area contributed by atoms with E-state index in [0.717, 1.165) is 20.9 Å². The van der Waals surface area contributed by atoms with Crippen molar-refractivity contribution in [3.8, 4) is 0 Å². The molecule has 4 nitrogen and oxygen atoms in total. The average Bonchev–Trinajstić information content (AvgIpc) is 2.57. The third-order valence-corrected chi connectivity index (χ3v) is 3.55. The van der Waals surface area contributed by atoms with E-state index in [-0.39, 0.29) is 0 Å². The lowest BCUT2D eigenvalue weighted by Gasteiger charge is -2.24. The number of nitrogen functional groups attached to an aromatic ring is 1. The number of methoxy groups -OCH3 is 1. The van der Waals surface area contributed by atoms with Crippen LogP contribution in [0.4, 0.5) is 5.69 Å². The van der Waals surface area contributed by atoms with Gasteiger partial charge in [0, 0.05) is 12.7 Å². The molecule has 0 amide bonds. The molecule has 2 aromatic heterocycles. The fraction of sp³-hybridized carbons (Fsp3) is 0.455. The molecule has 0 aliphatic heterocycles. The van der Waals surface area contributed by atoms with Crippen molar-refractivity contribution in [1.82, 2.24) is 9.97 Å². The van der Waals surface area contributed by atoms with Crippen LogP contribution >= 0.6 is 11.3 Å². The van der Waals surface area contributed by atoms with Gasteiger partial charge in [-0.05, 0) is 20.8 Å². The van der Waals surface area contributed by atoms with Crippen LogP contribution in [0.1, 0.15) is 24.4 Å². The third-order valence-electron chi connectivity index (χ3n) is 2.67. The second-order valence-corrected chi connectivity index (χ2v) is 5.37. The first kappa shape index (κ1) is 11.3.